The van der Waals surface area contributed by atoms with Crippen molar-refractivity contribution in [1.82, 2.24) is 0 Å². The Kier molecular flexibility index (Phi) is 3.50. The Morgan fingerprint density at radius 2 is 2.12 bits per heavy atom. The van der Waals surface area contributed by atoms with E-state index in [1.165, 1.54) is 11.3 Å². The fraction of sp³-hybridized carbons (Fsp3) is 0.154. The van der Waals surface area contributed by atoms with E-state index in [4.69, 9.17) is 16.3 Å². The molecule has 2 rings (SSSR count). The van der Waals surface area contributed by atoms with Gasteiger partial charge < -0.3 is 4.74 Å². The minimum Gasteiger partial charge on any atom is -0.495 e. The summed E-state index contributed by atoms with van der Waals surface area (Å²) in [7, 11) is 1.56. The smallest absolute Gasteiger partial charge is 0.206 e. The molecule has 0 saturated carbocycles. The summed E-state index contributed by atoms with van der Waals surface area (Å²) in [6.07, 6.45) is 0. The van der Waals surface area contributed by atoms with Crippen molar-refractivity contribution in [2.24, 2.45) is 0 Å². The van der Waals surface area contributed by atoms with Gasteiger partial charge in [0.05, 0.1) is 7.11 Å². The van der Waals surface area contributed by atoms with Gasteiger partial charge in [-0.25, -0.2) is 0 Å². The van der Waals surface area contributed by atoms with Crippen molar-refractivity contribution in [3.63, 3.8) is 0 Å². The zero-order chi connectivity index (χ0) is 12.4. The number of thiophene rings is 1. The van der Waals surface area contributed by atoms with Crippen molar-refractivity contribution in [1.29, 1.82) is 0 Å². The highest BCUT2D eigenvalue weighted by Gasteiger charge is 2.16. The topological polar surface area (TPSA) is 26.3 Å². The van der Waals surface area contributed by atoms with Crippen molar-refractivity contribution in [3.8, 4) is 5.75 Å². The molecule has 0 radical (unpaired) electrons. The summed E-state index contributed by atoms with van der Waals surface area (Å²) in [5.41, 5.74) is 1.53. The third-order valence-electron chi connectivity index (χ3n) is 2.48. The van der Waals surface area contributed by atoms with E-state index in [1.54, 1.807) is 31.4 Å². The van der Waals surface area contributed by atoms with Crippen LogP contribution in [0.4, 0.5) is 0 Å². The number of rotatable bonds is 3. The van der Waals surface area contributed by atoms with Crippen LogP contribution in [-0.2, 0) is 0 Å². The Bertz CT molecular complexity index is 560. The molecule has 0 aliphatic heterocycles. The van der Waals surface area contributed by atoms with Gasteiger partial charge in [-0.1, -0.05) is 11.6 Å². The molecule has 0 aliphatic carbocycles. The number of methoxy groups -OCH3 is 1. The fourth-order valence-corrected chi connectivity index (χ4v) is 2.48. The Labute approximate surface area is 109 Å². The highest BCUT2D eigenvalue weighted by Crippen LogP contribution is 2.28. The van der Waals surface area contributed by atoms with Crippen molar-refractivity contribution in [2.75, 3.05) is 7.11 Å². The molecule has 2 nitrogen and oxygen atoms in total. The molecule has 88 valence electrons. The summed E-state index contributed by atoms with van der Waals surface area (Å²) in [5, 5.41) is 2.51. The average molecular weight is 267 g/mol. The third kappa shape index (κ3) is 2.35. The number of hydrogen-bond acceptors (Lipinski definition) is 3. The molecule has 0 spiro atoms. The standard InChI is InChI=1S/C13H11ClO2S/c1-8-7-9(3-4-10(8)14)12(15)13-11(16-2)5-6-17-13/h3-7H,1-2H3. The van der Waals surface area contributed by atoms with Crippen molar-refractivity contribution < 1.29 is 9.53 Å². The monoisotopic (exact) mass is 266 g/mol. The molecule has 1 aromatic carbocycles. The maximum absolute atomic E-state index is 12.2. The molecule has 1 heterocycles. The Morgan fingerprint density at radius 3 is 2.76 bits per heavy atom. The van der Waals surface area contributed by atoms with E-state index < -0.39 is 0 Å². The SMILES string of the molecule is COc1ccsc1C(=O)c1ccc(Cl)c(C)c1. The maximum atomic E-state index is 12.2. The van der Waals surface area contributed by atoms with Gasteiger partial charge in [0.2, 0.25) is 5.78 Å². The average Bonchev–Trinajstić information content (AvgIpc) is 2.80. The predicted molar refractivity (Wildman–Crippen MR) is 70.5 cm³/mol. The first-order chi connectivity index (χ1) is 8.13. The molecular formula is C13H11ClO2S. The van der Waals surface area contributed by atoms with E-state index in [1.807, 2.05) is 12.3 Å². The highest BCUT2D eigenvalue weighted by atomic mass is 35.5. The number of carbonyl (C=O) groups excluding carboxylic acids is 1. The Balaban J connectivity index is 2.40. The lowest BCUT2D eigenvalue weighted by Crippen LogP contribution is -2.01. The number of carbonyl (C=O) groups is 1. The summed E-state index contributed by atoms with van der Waals surface area (Å²) in [5.74, 6) is 0.587. The van der Waals surface area contributed by atoms with E-state index in [2.05, 4.69) is 0 Å². The van der Waals surface area contributed by atoms with Gasteiger partial charge in [0.25, 0.3) is 0 Å². The van der Waals surface area contributed by atoms with Gasteiger partial charge in [0.1, 0.15) is 10.6 Å². The van der Waals surface area contributed by atoms with Crippen molar-refractivity contribution in [3.05, 3.63) is 50.7 Å². The normalized spacial score (nSPS) is 10.3. The molecule has 1 aromatic heterocycles. The summed E-state index contributed by atoms with van der Waals surface area (Å²) >= 11 is 7.31. The first-order valence-corrected chi connectivity index (χ1v) is 6.31. The summed E-state index contributed by atoms with van der Waals surface area (Å²) in [4.78, 5) is 12.9. The largest absolute Gasteiger partial charge is 0.495 e. The van der Waals surface area contributed by atoms with Crippen LogP contribution in [0.25, 0.3) is 0 Å². The minimum atomic E-state index is -0.0309. The number of benzene rings is 1. The molecule has 0 saturated heterocycles. The van der Waals surface area contributed by atoms with Gasteiger partial charge in [0, 0.05) is 10.6 Å². The molecule has 0 amide bonds. The zero-order valence-corrected chi connectivity index (χ0v) is 11.1. The van der Waals surface area contributed by atoms with Crippen LogP contribution >= 0.6 is 22.9 Å². The van der Waals surface area contributed by atoms with Crippen LogP contribution in [0, 0.1) is 6.92 Å². The molecule has 0 fully saturated rings. The lowest BCUT2D eigenvalue weighted by molar-refractivity contribution is 0.104. The van der Waals surface area contributed by atoms with E-state index in [-0.39, 0.29) is 5.78 Å². The van der Waals surface area contributed by atoms with Crippen molar-refractivity contribution >= 4 is 28.7 Å². The lowest BCUT2D eigenvalue weighted by Gasteiger charge is -2.04. The van der Waals surface area contributed by atoms with Gasteiger partial charge in [-0.2, -0.15) is 0 Å². The summed E-state index contributed by atoms with van der Waals surface area (Å²) < 4.78 is 5.15. The van der Waals surface area contributed by atoms with Crippen LogP contribution in [0.3, 0.4) is 0 Å². The number of hydrogen-bond donors (Lipinski definition) is 0. The Hall–Kier alpha value is -1.32. The quantitative estimate of drug-likeness (QED) is 0.787. The third-order valence-corrected chi connectivity index (χ3v) is 3.79. The second-order valence-electron chi connectivity index (χ2n) is 3.61. The maximum Gasteiger partial charge on any atom is 0.206 e. The molecule has 0 unspecified atom stereocenters. The van der Waals surface area contributed by atoms with Crippen LogP contribution in [0.1, 0.15) is 20.8 Å². The Morgan fingerprint density at radius 1 is 1.35 bits per heavy atom. The number of aryl methyl sites for hydroxylation is 1. The summed E-state index contributed by atoms with van der Waals surface area (Å²) in [6, 6.07) is 7.06. The molecule has 4 heteroatoms. The van der Waals surface area contributed by atoms with E-state index in [0.29, 0.717) is 21.2 Å². The molecule has 0 bridgehead atoms. The zero-order valence-electron chi connectivity index (χ0n) is 9.49. The molecule has 0 N–H and O–H groups in total. The number of ketones is 1. The second-order valence-corrected chi connectivity index (χ2v) is 4.93. The number of ether oxygens (including phenoxy) is 1. The first kappa shape index (κ1) is 12.1. The molecule has 0 atom stereocenters. The van der Waals surface area contributed by atoms with Crippen LogP contribution in [0.2, 0.25) is 5.02 Å². The minimum absolute atomic E-state index is 0.0309. The van der Waals surface area contributed by atoms with Gasteiger partial charge >= 0.3 is 0 Å². The van der Waals surface area contributed by atoms with E-state index >= 15 is 0 Å². The van der Waals surface area contributed by atoms with E-state index in [0.717, 1.165) is 5.56 Å². The van der Waals surface area contributed by atoms with Crippen LogP contribution < -0.4 is 4.74 Å². The van der Waals surface area contributed by atoms with Gasteiger partial charge in [0.15, 0.2) is 0 Å². The number of halogens is 1. The second kappa shape index (κ2) is 4.90. The predicted octanol–water partition coefficient (Wildman–Crippen LogP) is 3.95. The lowest BCUT2D eigenvalue weighted by atomic mass is 10.1. The van der Waals surface area contributed by atoms with Crippen LogP contribution in [0.15, 0.2) is 29.6 Å². The fourth-order valence-electron chi connectivity index (χ4n) is 1.54. The van der Waals surface area contributed by atoms with Crippen LogP contribution in [-0.4, -0.2) is 12.9 Å². The van der Waals surface area contributed by atoms with Gasteiger partial charge in [-0.05, 0) is 42.1 Å². The van der Waals surface area contributed by atoms with Crippen LogP contribution in [0.5, 0.6) is 5.75 Å². The summed E-state index contributed by atoms with van der Waals surface area (Å²) in [6.45, 7) is 1.88. The van der Waals surface area contributed by atoms with E-state index in [9.17, 15) is 4.79 Å². The molecule has 0 aliphatic rings. The molecule has 2 aromatic rings. The van der Waals surface area contributed by atoms with Gasteiger partial charge in [-0.3, -0.25) is 4.79 Å². The molecular weight excluding hydrogens is 256 g/mol. The van der Waals surface area contributed by atoms with Crippen molar-refractivity contribution in [2.45, 2.75) is 6.92 Å². The van der Waals surface area contributed by atoms with Gasteiger partial charge in [-0.15, -0.1) is 11.3 Å². The first-order valence-electron chi connectivity index (χ1n) is 5.06. The highest BCUT2D eigenvalue weighted by molar-refractivity contribution is 7.12. The molecule has 17 heavy (non-hydrogen) atoms.